The van der Waals surface area contributed by atoms with Gasteiger partial charge in [0.15, 0.2) is 17.9 Å². The molecule has 2 aromatic carbocycles. The first kappa shape index (κ1) is 28.9. The number of hydrogen-bond acceptors (Lipinski definition) is 11. The smallest absolute Gasteiger partial charge is 0.202 e. The van der Waals surface area contributed by atoms with Crippen LogP contribution in [0.15, 0.2) is 18.2 Å². The number of phenols is 2. The summed E-state index contributed by atoms with van der Waals surface area (Å²) in [6.45, 7) is 2.70. The summed E-state index contributed by atoms with van der Waals surface area (Å²) in [4.78, 5) is 39.6. The first-order valence-corrected chi connectivity index (χ1v) is 12.2. The van der Waals surface area contributed by atoms with E-state index < -0.39 is 82.6 Å². The van der Waals surface area contributed by atoms with Gasteiger partial charge in [-0.1, -0.05) is 12.1 Å². The Bertz CT molecular complexity index is 1380. The fourth-order valence-electron chi connectivity index (χ4n) is 5.73. The topological polar surface area (TPSA) is 186 Å². The molecule has 1 saturated heterocycles. The molecule has 39 heavy (non-hydrogen) atoms. The number of phenolic OH excluding ortho intramolecular Hbond substituents is 2. The van der Waals surface area contributed by atoms with E-state index in [0.29, 0.717) is 0 Å². The van der Waals surface area contributed by atoms with Crippen LogP contribution in [-0.4, -0.2) is 75.0 Å². The van der Waals surface area contributed by atoms with Gasteiger partial charge in [-0.2, -0.15) is 0 Å². The van der Waals surface area contributed by atoms with Crippen LogP contribution in [0.4, 0.5) is 0 Å². The zero-order chi connectivity index (χ0) is 27.7. The van der Waals surface area contributed by atoms with E-state index in [-0.39, 0.29) is 53.3 Å². The number of benzene rings is 2. The average Bonchev–Trinajstić information content (AvgIpc) is 3.23. The second-order valence-electron chi connectivity index (χ2n) is 10.1. The quantitative estimate of drug-likeness (QED) is 0.283. The molecule has 5 rings (SSSR count). The molecule has 0 radical (unpaired) electrons. The molecule has 1 fully saturated rings. The molecule has 1 aliphatic heterocycles. The van der Waals surface area contributed by atoms with Gasteiger partial charge in [0.2, 0.25) is 5.78 Å². The van der Waals surface area contributed by atoms with E-state index in [2.05, 4.69) is 0 Å². The van der Waals surface area contributed by atoms with Gasteiger partial charge in [0.05, 0.1) is 36.0 Å². The van der Waals surface area contributed by atoms with E-state index >= 15 is 0 Å². The van der Waals surface area contributed by atoms with E-state index in [4.69, 9.17) is 19.9 Å². The number of carbonyl (C=O) groups is 3. The van der Waals surface area contributed by atoms with Crippen molar-refractivity contribution in [1.82, 2.24) is 0 Å². The molecule has 6 atom stereocenters. The highest BCUT2D eigenvalue weighted by molar-refractivity contribution is 6.31. The first-order chi connectivity index (χ1) is 17.9. The zero-order valence-electron chi connectivity index (χ0n) is 21.5. The number of carbonyl (C=O) groups excluding carboxylic acids is 3. The third-order valence-corrected chi connectivity index (χ3v) is 7.72. The molecular weight excluding hydrogens is 534 g/mol. The molecule has 2 aliphatic carbocycles. The van der Waals surface area contributed by atoms with Gasteiger partial charge >= 0.3 is 0 Å². The number of ketones is 3. The molecule has 0 spiro atoms. The Hall–Kier alpha value is -3.06. The maximum Gasteiger partial charge on any atom is 0.202 e. The summed E-state index contributed by atoms with van der Waals surface area (Å²) >= 11 is 0. The highest BCUT2D eigenvalue weighted by Crippen LogP contribution is 2.52. The lowest BCUT2D eigenvalue weighted by molar-refractivity contribution is -0.192. The van der Waals surface area contributed by atoms with Crippen molar-refractivity contribution in [2.45, 2.75) is 69.4 Å². The summed E-state index contributed by atoms with van der Waals surface area (Å²) in [5, 5.41) is 43.9. The van der Waals surface area contributed by atoms with E-state index in [0.717, 1.165) is 0 Å². The lowest BCUT2D eigenvalue weighted by atomic mass is 9.72. The Kier molecular flexibility index (Phi) is 7.54. The van der Waals surface area contributed by atoms with Crippen LogP contribution in [0.25, 0.3) is 0 Å². The third-order valence-electron chi connectivity index (χ3n) is 7.72. The molecule has 3 aliphatic rings. The van der Waals surface area contributed by atoms with Crippen molar-refractivity contribution in [3.63, 3.8) is 0 Å². The predicted octanol–water partition coefficient (Wildman–Crippen LogP) is 1.45. The predicted molar refractivity (Wildman–Crippen MR) is 138 cm³/mol. The summed E-state index contributed by atoms with van der Waals surface area (Å²) in [5.41, 5.74) is 3.04. The van der Waals surface area contributed by atoms with Crippen molar-refractivity contribution in [2.75, 3.05) is 7.11 Å². The molecule has 0 amide bonds. The lowest BCUT2D eigenvalue weighted by Gasteiger charge is -2.39. The minimum Gasteiger partial charge on any atom is -0.507 e. The van der Waals surface area contributed by atoms with Gasteiger partial charge in [-0.3, -0.25) is 14.4 Å². The van der Waals surface area contributed by atoms with E-state index in [9.17, 15) is 34.8 Å². The Morgan fingerprint density at radius 2 is 1.82 bits per heavy atom. The monoisotopic (exact) mass is 563 g/mol. The molecule has 0 aromatic heterocycles. The van der Waals surface area contributed by atoms with E-state index in [1.807, 2.05) is 0 Å². The average molecular weight is 564 g/mol. The van der Waals surface area contributed by atoms with Crippen LogP contribution >= 0.6 is 12.4 Å². The summed E-state index contributed by atoms with van der Waals surface area (Å²) in [6, 6.07) is 3.87. The first-order valence-electron chi connectivity index (χ1n) is 12.2. The number of nitrogens with two attached hydrogens (primary N) is 1. The number of methoxy groups -OCH3 is 1. The third kappa shape index (κ3) is 4.39. The normalized spacial score (nSPS) is 28.2. The Labute approximate surface area is 229 Å². The second kappa shape index (κ2) is 10.2. The van der Waals surface area contributed by atoms with Crippen LogP contribution in [-0.2, 0) is 20.7 Å². The van der Waals surface area contributed by atoms with Gasteiger partial charge in [-0.15, -0.1) is 12.4 Å². The highest BCUT2D eigenvalue weighted by atomic mass is 35.5. The Balaban J connectivity index is 0.00000353. The minimum absolute atomic E-state index is 0. The van der Waals surface area contributed by atoms with Gasteiger partial charge in [0, 0.05) is 42.0 Å². The van der Waals surface area contributed by atoms with Crippen molar-refractivity contribution < 1.29 is 49.0 Å². The molecule has 2 aromatic rings. The molecule has 210 valence electrons. The number of ether oxygens (including phenoxy) is 3. The molecule has 11 nitrogen and oxygen atoms in total. The number of halogens is 1. The summed E-state index contributed by atoms with van der Waals surface area (Å²) in [7, 11) is 1.34. The fourth-order valence-corrected chi connectivity index (χ4v) is 5.73. The second-order valence-corrected chi connectivity index (χ2v) is 10.1. The van der Waals surface area contributed by atoms with Crippen LogP contribution in [0.3, 0.4) is 0 Å². The number of aromatic hydroxyl groups is 2. The molecule has 0 saturated carbocycles. The largest absolute Gasteiger partial charge is 0.507 e. The van der Waals surface area contributed by atoms with Crippen molar-refractivity contribution in [3.8, 4) is 17.2 Å². The highest BCUT2D eigenvalue weighted by Gasteiger charge is 2.49. The van der Waals surface area contributed by atoms with Crippen LogP contribution in [0.1, 0.15) is 75.8 Å². The van der Waals surface area contributed by atoms with Gasteiger partial charge in [-0.25, -0.2) is 0 Å². The lowest BCUT2D eigenvalue weighted by Crippen LogP contribution is -2.45. The molecule has 0 bridgehead atoms. The Morgan fingerprint density at radius 3 is 2.41 bits per heavy atom. The van der Waals surface area contributed by atoms with Crippen LogP contribution in [0.5, 0.6) is 17.2 Å². The van der Waals surface area contributed by atoms with Gasteiger partial charge in [-0.05, 0) is 19.9 Å². The van der Waals surface area contributed by atoms with E-state index in [1.54, 1.807) is 0 Å². The fraction of sp³-hybridized carbons (Fsp3) is 0.444. The van der Waals surface area contributed by atoms with Crippen molar-refractivity contribution in [2.24, 2.45) is 5.73 Å². The molecule has 12 heteroatoms. The number of aliphatic hydroxyl groups excluding tert-OH is 1. The van der Waals surface area contributed by atoms with Crippen molar-refractivity contribution in [1.29, 1.82) is 0 Å². The minimum atomic E-state index is -2.00. The van der Waals surface area contributed by atoms with Crippen molar-refractivity contribution >= 4 is 29.8 Å². The number of aliphatic hydroxyl groups is 2. The van der Waals surface area contributed by atoms with Crippen molar-refractivity contribution in [3.05, 3.63) is 51.6 Å². The van der Waals surface area contributed by atoms with Gasteiger partial charge in [0.25, 0.3) is 0 Å². The Morgan fingerprint density at radius 1 is 1.15 bits per heavy atom. The number of hydrogen-bond donors (Lipinski definition) is 5. The summed E-state index contributed by atoms with van der Waals surface area (Å²) in [6.07, 6.45) is -4.41. The molecule has 4 unspecified atom stereocenters. The van der Waals surface area contributed by atoms with Crippen LogP contribution < -0.4 is 10.5 Å². The molecule has 6 N–H and O–H groups in total. The number of fused-ring (bicyclic) bond motifs is 3. The molecular formula is C27H30ClNO10. The standard InChI is InChI=1S/C27H29NO10.ClH/c1-10(29)26-14(28)7-17(38-26)37-16-9-27(35,11(2)30)8-13-19(16)25(34)21-20(23(13)32)22(31)12-5-4-6-15(36-3)18(12)24(21)33;/h4-6,10,14,16-17,26,29,32,34-35H,7-9,28H2,1-3H3;1H/t10?,14?,16-,17?,26?,27-;/m0./s1. The summed E-state index contributed by atoms with van der Waals surface area (Å²) in [5.74, 6) is -3.17. The number of rotatable bonds is 5. The van der Waals surface area contributed by atoms with E-state index in [1.165, 1.54) is 39.2 Å². The maximum atomic E-state index is 13.6. The van der Waals surface area contributed by atoms with Crippen LogP contribution in [0, 0.1) is 0 Å². The van der Waals surface area contributed by atoms with Gasteiger partial charge < -0.3 is 40.4 Å². The van der Waals surface area contributed by atoms with Gasteiger partial charge in [0.1, 0.15) is 29.0 Å². The SMILES string of the molecule is COc1cccc2c1C(=O)c1c(O)c3c(c(O)c1C2=O)C[C@@](O)(C(C)=O)C[C@@H]3OC1CC(N)C(C(C)O)O1.Cl. The van der Waals surface area contributed by atoms with Crippen LogP contribution in [0.2, 0.25) is 0 Å². The number of Topliss-reactive ketones (excluding diaryl/α,β-unsaturated/α-hetero) is 1. The zero-order valence-corrected chi connectivity index (χ0v) is 22.3. The maximum absolute atomic E-state index is 13.6. The molecule has 1 heterocycles. The summed E-state index contributed by atoms with van der Waals surface area (Å²) < 4.78 is 17.1.